The second-order valence-electron chi connectivity index (χ2n) is 2.46. The topological polar surface area (TPSA) is 38.3 Å². The number of rotatable bonds is 1. The van der Waals surface area contributed by atoms with Crippen molar-refractivity contribution in [3.8, 4) is 0 Å². The Balaban J connectivity index is 2.33. The zero-order valence-electron chi connectivity index (χ0n) is 6.22. The van der Waals surface area contributed by atoms with Gasteiger partial charge in [0.2, 0.25) is 5.91 Å². The molecule has 0 bridgehead atoms. The highest BCUT2D eigenvalue weighted by Gasteiger charge is 2.13. The van der Waals surface area contributed by atoms with E-state index in [1.165, 1.54) is 0 Å². The van der Waals surface area contributed by atoms with Crippen molar-refractivity contribution in [3.63, 3.8) is 0 Å². The van der Waals surface area contributed by atoms with Crippen LogP contribution in [0.1, 0.15) is 19.8 Å². The summed E-state index contributed by atoms with van der Waals surface area (Å²) in [4.78, 5) is 10.8. The summed E-state index contributed by atoms with van der Waals surface area (Å²) in [6, 6.07) is 0. The van der Waals surface area contributed by atoms with Gasteiger partial charge in [-0.15, -0.1) is 0 Å². The molecule has 1 amide bonds. The monoisotopic (exact) mass is 143 g/mol. The van der Waals surface area contributed by atoms with Crippen molar-refractivity contribution in [1.29, 1.82) is 0 Å². The van der Waals surface area contributed by atoms with E-state index in [0.29, 0.717) is 19.6 Å². The van der Waals surface area contributed by atoms with Gasteiger partial charge in [-0.3, -0.25) is 4.79 Å². The van der Waals surface area contributed by atoms with Crippen LogP contribution in [0.25, 0.3) is 0 Å². The van der Waals surface area contributed by atoms with E-state index in [1.54, 1.807) is 0 Å². The first-order valence-corrected chi connectivity index (χ1v) is 3.71. The van der Waals surface area contributed by atoms with E-state index in [1.807, 2.05) is 0 Å². The molecule has 0 aromatic carbocycles. The lowest BCUT2D eigenvalue weighted by Crippen LogP contribution is -2.28. The van der Waals surface area contributed by atoms with Crippen LogP contribution in [0.4, 0.5) is 0 Å². The van der Waals surface area contributed by atoms with Crippen LogP contribution in [0, 0.1) is 0 Å². The Morgan fingerprint density at radius 1 is 1.80 bits per heavy atom. The maximum atomic E-state index is 10.8. The maximum Gasteiger partial charge on any atom is 0.222 e. The van der Waals surface area contributed by atoms with Crippen molar-refractivity contribution in [1.82, 2.24) is 5.32 Å². The molecule has 0 spiro atoms. The summed E-state index contributed by atoms with van der Waals surface area (Å²) in [6.45, 7) is 3.31. The predicted octanol–water partition coefficient (Wildman–Crippen LogP) is 0.301. The molecule has 0 aromatic heterocycles. The smallest absolute Gasteiger partial charge is 0.222 e. The molecule has 0 aromatic rings. The van der Waals surface area contributed by atoms with Crippen LogP contribution in [0.2, 0.25) is 0 Å². The SMILES string of the molecule is CCC1CNC(=O)CCO1. The molecular weight excluding hydrogens is 130 g/mol. The second-order valence-corrected chi connectivity index (χ2v) is 2.46. The Hall–Kier alpha value is -0.570. The fraction of sp³-hybridized carbons (Fsp3) is 0.857. The van der Waals surface area contributed by atoms with Crippen molar-refractivity contribution in [2.45, 2.75) is 25.9 Å². The maximum absolute atomic E-state index is 10.8. The summed E-state index contributed by atoms with van der Waals surface area (Å²) >= 11 is 0. The van der Waals surface area contributed by atoms with Gasteiger partial charge < -0.3 is 10.1 Å². The Kier molecular flexibility index (Phi) is 2.68. The van der Waals surface area contributed by atoms with E-state index < -0.39 is 0 Å². The van der Waals surface area contributed by atoms with Crippen molar-refractivity contribution in [3.05, 3.63) is 0 Å². The quantitative estimate of drug-likeness (QED) is 0.573. The van der Waals surface area contributed by atoms with Crippen LogP contribution >= 0.6 is 0 Å². The minimum absolute atomic E-state index is 0.107. The van der Waals surface area contributed by atoms with Crippen LogP contribution in [0.5, 0.6) is 0 Å². The Morgan fingerprint density at radius 2 is 2.60 bits per heavy atom. The Labute approximate surface area is 60.7 Å². The lowest BCUT2D eigenvalue weighted by molar-refractivity contribution is -0.120. The minimum Gasteiger partial charge on any atom is -0.376 e. The molecule has 10 heavy (non-hydrogen) atoms. The fourth-order valence-corrected chi connectivity index (χ4v) is 0.955. The number of hydrogen-bond donors (Lipinski definition) is 1. The van der Waals surface area contributed by atoms with Crippen LogP contribution in [-0.4, -0.2) is 25.2 Å². The summed E-state index contributed by atoms with van der Waals surface area (Å²) < 4.78 is 5.34. The Bertz CT molecular complexity index is 125. The van der Waals surface area contributed by atoms with Gasteiger partial charge in [-0.05, 0) is 6.42 Å². The van der Waals surface area contributed by atoms with Gasteiger partial charge in [-0.2, -0.15) is 0 Å². The van der Waals surface area contributed by atoms with Gasteiger partial charge in [0.05, 0.1) is 12.7 Å². The summed E-state index contributed by atoms with van der Waals surface area (Å²) in [5, 5.41) is 2.78. The van der Waals surface area contributed by atoms with Crippen molar-refractivity contribution in [2.75, 3.05) is 13.2 Å². The fourth-order valence-electron chi connectivity index (χ4n) is 0.955. The predicted molar refractivity (Wildman–Crippen MR) is 37.7 cm³/mol. The van der Waals surface area contributed by atoms with Crippen LogP contribution < -0.4 is 5.32 Å². The molecule has 1 aliphatic heterocycles. The summed E-state index contributed by atoms with van der Waals surface area (Å²) in [5.41, 5.74) is 0. The van der Waals surface area contributed by atoms with Gasteiger partial charge >= 0.3 is 0 Å². The molecule has 0 saturated carbocycles. The molecule has 1 heterocycles. The van der Waals surface area contributed by atoms with Crippen molar-refractivity contribution >= 4 is 5.91 Å². The number of hydrogen-bond acceptors (Lipinski definition) is 2. The van der Waals surface area contributed by atoms with E-state index in [2.05, 4.69) is 12.2 Å². The van der Waals surface area contributed by atoms with E-state index in [0.717, 1.165) is 6.42 Å². The average Bonchev–Trinajstić information content (AvgIpc) is 2.14. The number of amides is 1. The van der Waals surface area contributed by atoms with Gasteiger partial charge in [-0.25, -0.2) is 0 Å². The zero-order valence-corrected chi connectivity index (χ0v) is 6.22. The van der Waals surface area contributed by atoms with Gasteiger partial charge in [0.25, 0.3) is 0 Å². The zero-order chi connectivity index (χ0) is 7.40. The molecule has 1 saturated heterocycles. The largest absolute Gasteiger partial charge is 0.376 e. The highest BCUT2D eigenvalue weighted by molar-refractivity contribution is 5.76. The molecule has 0 aliphatic carbocycles. The standard InChI is InChI=1S/C7H13NO2/c1-2-6-5-8-7(9)3-4-10-6/h6H,2-5H2,1H3,(H,8,9). The third kappa shape index (κ3) is 1.99. The first-order chi connectivity index (χ1) is 4.83. The third-order valence-corrected chi connectivity index (χ3v) is 1.66. The molecule has 58 valence electrons. The van der Waals surface area contributed by atoms with Crippen LogP contribution in [0.15, 0.2) is 0 Å². The molecule has 1 aliphatic rings. The highest BCUT2D eigenvalue weighted by atomic mass is 16.5. The molecular formula is C7H13NO2. The number of carbonyl (C=O) groups excluding carboxylic acids is 1. The molecule has 0 radical (unpaired) electrons. The lowest BCUT2D eigenvalue weighted by atomic mass is 10.3. The van der Waals surface area contributed by atoms with Crippen molar-refractivity contribution < 1.29 is 9.53 Å². The van der Waals surface area contributed by atoms with Crippen molar-refractivity contribution in [2.24, 2.45) is 0 Å². The number of nitrogens with one attached hydrogen (secondary N) is 1. The normalized spacial score (nSPS) is 27.3. The van der Waals surface area contributed by atoms with E-state index in [-0.39, 0.29) is 12.0 Å². The van der Waals surface area contributed by atoms with E-state index in [4.69, 9.17) is 4.74 Å². The summed E-state index contributed by atoms with van der Waals surface area (Å²) in [5.74, 6) is 0.107. The molecule has 3 nitrogen and oxygen atoms in total. The van der Waals surface area contributed by atoms with Gasteiger partial charge in [0, 0.05) is 13.0 Å². The Morgan fingerprint density at radius 3 is 3.30 bits per heavy atom. The van der Waals surface area contributed by atoms with E-state index in [9.17, 15) is 4.79 Å². The summed E-state index contributed by atoms with van der Waals surface area (Å²) in [6.07, 6.45) is 1.71. The molecule has 1 N–H and O–H groups in total. The number of ether oxygens (including phenoxy) is 1. The molecule has 1 rings (SSSR count). The van der Waals surface area contributed by atoms with Gasteiger partial charge in [0.15, 0.2) is 0 Å². The van der Waals surface area contributed by atoms with Gasteiger partial charge in [0.1, 0.15) is 0 Å². The molecule has 1 atom stereocenters. The third-order valence-electron chi connectivity index (χ3n) is 1.66. The van der Waals surface area contributed by atoms with Crippen LogP contribution in [0.3, 0.4) is 0 Å². The molecule has 3 heteroatoms. The second kappa shape index (κ2) is 3.56. The lowest BCUT2D eigenvalue weighted by Gasteiger charge is -2.10. The molecule has 1 fully saturated rings. The number of carbonyl (C=O) groups is 1. The van der Waals surface area contributed by atoms with Crippen LogP contribution in [-0.2, 0) is 9.53 Å². The summed E-state index contributed by atoms with van der Waals surface area (Å²) in [7, 11) is 0. The van der Waals surface area contributed by atoms with Gasteiger partial charge in [-0.1, -0.05) is 6.92 Å². The first kappa shape index (κ1) is 7.54. The first-order valence-electron chi connectivity index (χ1n) is 3.71. The highest BCUT2D eigenvalue weighted by Crippen LogP contribution is 2.01. The van der Waals surface area contributed by atoms with E-state index >= 15 is 0 Å². The molecule has 1 unspecified atom stereocenters. The average molecular weight is 143 g/mol. The minimum atomic E-state index is 0.107.